The van der Waals surface area contributed by atoms with Gasteiger partial charge in [0.2, 0.25) is 0 Å². The van der Waals surface area contributed by atoms with Gasteiger partial charge in [-0.3, -0.25) is 4.79 Å². The van der Waals surface area contributed by atoms with Gasteiger partial charge in [0.1, 0.15) is 0 Å². The summed E-state index contributed by atoms with van der Waals surface area (Å²) in [4.78, 5) is 11.8. The van der Waals surface area contributed by atoms with E-state index < -0.39 is 56.9 Å². The third-order valence-electron chi connectivity index (χ3n) is 4.01. The summed E-state index contributed by atoms with van der Waals surface area (Å²) in [6.45, 7) is 0. The van der Waals surface area contributed by atoms with Gasteiger partial charge >= 0.3 is 35.3 Å². The number of hydrogen-bond acceptors (Lipinski definition) is 1. The highest BCUT2D eigenvalue weighted by Crippen LogP contribution is 2.69. The van der Waals surface area contributed by atoms with E-state index in [2.05, 4.69) is 15.9 Å². The number of alkyl halides is 11. The van der Waals surface area contributed by atoms with Gasteiger partial charge in [-0.1, -0.05) is 23.2 Å². The molecular weight excluding hydrogens is 546 g/mol. The topological polar surface area (TPSA) is 29.1 Å². The number of amides is 1. The van der Waals surface area contributed by atoms with Crippen LogP contribution in [0.1, 0.15) is 0 Å². The van der Waals surface area contributed by atoms with Crippen LogP contribution in [0.5, 0.6) is 0 Å². The molecule has 1 aromatic carbocycles. The summed E-state index contributed by atoms with van der Waals surface area (Å²) in [5.74, 6) is -40.3. The van der Waals surface area contributed by atoms with E-state index >= 15 is 0 Å². The minimum Gasteiger partial charge on any atom is -0.321 e. The van der Waals surface area contributed by atoms with Crippen molar-refractivity contribution in [3.63, 3.8) is 0 Å². The molecule has 2 rings (SSSR count). The molecule has 29 heavy (non-hydrogen) atoms. The molecule has 1 aromatic rings. The van der Waals surface area contributed by atoms with E-state index in [9.17, 15) is 53.1 Å². The molecule has 1 amide bonds. The number of carbonyl (C=O) groups is 1. The summed E-state index contributed by atoms with van der Waals surface area (Å²) >= 11 is 13.8. The van der Waals surface area contributed by atoms with E-state index in [1.807, 2.05) is 0 Å². The first-order chi connectivity index (χ1) is 12.7. The van der Waals surface area contributed by atoms with Crippen LogP contribution in [0.25, 0.3) is 0 Å². The summed E-state index contributed by atoms with van der Waals surface area (Å²) in [5, 5.41) is -0.239. The largest absolute Gasteiger partial charge is 0.384 e. The van der Waals surface area contributed by atoms with Crippen LogP contribution < -0.4 is 5.32 Å². The number of halogens is 14. The summed E-state index contributed by atoms with van der Waals surface area (Å²) in [6.07, 6.45) is 0. The SMILES string of the molecule is O=C(Nc1cc(Cl)c(Br)cc1Cl)C1(F)C(F)(F)C(F)(F)C(F)(F)C(F)(F)C1(F)F. The number of carbonyl (C=O) groups excluding carboxylic acids is 1. The van der Waals surface area contributed by atoms with Crippen molar-refractivity contribution in [2.75, 3.05) is 5.32 Å². The molecule has 0 atom stereocenters. The first-order valence-electron chi connectivity index (χ1n) is 6.75. The van der Waals surface area contributed by atoms with E-state index in [1.165, 1.54) is 0 Å². The minimum absolute atomic E-state index is 0.0248. The Bertz CT molecular complexity index is 847. The van der Waals surface area contributed by atoms with Gasteiger partial charge < -0.3 is 5.32 Å². The van der Waals surface area contributed by atoms with Crippen molar-refractivity contribution in [1.29, 1.82) is 0 Å². The van der Waals surface area contributed by atoms with Crippen LogP contribution in [0.3, 0.4) is 0 Å². The molecule has 0 spiro atoms. The maximum atomic E-state index is 14.6. The van der Waals surface area contributed by atoms with Crippen LogP contribution in [0.15, 0.2) is 16.6 Å². The number of rotatable bonds is 2. The van der Waals surface area contributed by atoms with Gasteiger partial charge in [0.15, 0.2) is 0 Å². The van der Waals surface area contributed by atoms with Crippen molar-refractivity contribution in [3.05, 3.63) is 26.7 Å². The van der Waals surface area contributed by atoms with Crippen molar-refractivity contribution < 1.29 is 53.1 Å². The molecule has 1 fully saturated rings. The summed E-state index contributed by atoms with van der Waals surface area (Å²) < 4.78 is 150. The van der Waals surface area contributed by atoms with Gasteiger partial charge in [0.25, 0.3) is 5.91 Å². The molecule has 0 aromatic heterocycles. The first kappa shape index (κ1) is 24.3. The van der Waals surface area contributed by atoms with Crippen LogP contribution in [0, 0.1) is 0 Å². The molecule has 164 valence electrons. The normalized spacial score (nSPS) is 25.3. The minimum atomic E-state index is -7.42. The zero-order chi connectivity index (χ0) is 23.0. The van der Waals surface area contributed by atoms with E-state index in [0.717, 1.165) is 11.4 Å². The van der Waals surface area contributed by atoms with Crippen LogP contribution >= 0.6 is 39.1 Å². The zero-order valence-corrected chi connectivity index (χ0v) is 16.0. The Hall–Kier alpha value is -1.02. The Morgan fingerprint density at radius 1 is 0.724 bits per heavy atom. The lowest BCUT2D eigenvalue weighted by atomic mass is 9.71. The third kappa shape index (κ3) is 2.70. The Morgan fingerprint density at radius 2 is 1.10 bits per heavy atom. The van der Waals surface area contributed by atoms with Crippen LogP contribution in [-0.4, -0.2) is 41.2 Å². The van der Waals surface area contributed by atoms with E-state index in [0.29, 0.717) is 6.07 Å². The van der Waals surface area contributed by atoms with Gasteiger partial charge in [-0.25, -0.2) is 4.39 Å². The second kappa shape index (κ2) is 6.49. The fourth-order valence-corrected chi connectivity index (χ4v) is 3.18. The van der Waals surface area contributed by atoms with Crippen molar-refractivity contribution in [2.24, 2.45) is 0 Å². The Labute approximate surface area is 171 Å². The highest BCUT2D eigenvalue weighted by Gasteiger charge is 3.02. The molecule has 0 unspecified atom stereocenters. The molecule has 1 aliphatic rings. The van der Waals surface area contributed by atoms with Crippen LogP contribution in [0.4, 0.5) is 54.0 Å². The average Bonchev–Trinajstić information content (AvgIpc) is 2.56. The number of hydrogen-bond donors (Lipinski definition) is 1. The molecule has 0 saturated heterocycles. The molecular formula is C13H3BrCl2F11NO. The second-order valence-electron chi connectivity index (χ2n) is 5.73. The fourth-order valence-electron chi connectivity index (χ4n) is 2.33. The molecule has 0 bridgehead atoms. The molecule has 2 nitrogen and oxygen atoms in total. The van der Waals surface area contributed by atoms with Crippen LogP contribution in [-0.2, 0) is 4.79 Å². The molecule has 16 heteroatoms. The van der Waals surface area contributed by atoms with Crippen molar-refractivity contribution in [1.82, 2.24) is 0 Å². The molecule has 1 N–H and O–H groups in total. The average molecular weight is 549 g/mol. The number of anilines is 1. The van der Waals surface area contributed by atoms with Crippen molar-refractivity contribution in [3.8, 4) is 0 Å². The molecule has 0 radical (unpaired) electrons. The zero-order valence-electron chi connectivity index (χ0n) is 12.9. The molecule has 0 heterocycles. The Morgan fingerprint density at radius 3 is 1.52 bits per heavy atom. The van der Waals surface area contributed by atoms with E-state index in [4.69, 9.17) is 23.2 Å². The Kier molecular flexibility index (Phi) is 5.43. The molecule has 1 aliphatic carbocycles. The summed E-state index contributed by atoms with van der Waals surface area (Å²) in [7, 11) is 0. The van der Waals surface area contributed by atoms with Crippen molar-refractivity contribution in [2.45, 2.75) is 35.3 Å². The number of benzene rings is 1. The predicted molar refractivity (Wildman–Crippen MR) is 81.4 cm³/mol. The highest BCUT2D eigenvalue weighted by atomic mass is 79.9. The fraction of sp³-hybridized carbons (Fsp3) is 0.462. The Balaban J connectivity index is 2.71. The molecule has 1 saturated carbocycles. The highest BCUT2D eigenvalue weighted by molar-refractivity contribution is 9.10. The van der Waals surface area contributed by atoms with E-state index in [1.54, 1.807) is 0 Å². The molecule has 0 aliphatic heterocycles. The maximum Gasteiger partial charge on any atom is 0.384 e. The van der Waals surface area contributed by atoms with Crippen LogP contribution in [0.2, 0.25) is 10.0 Å². The smallest absolute Gasteiger partial charge is 0.321 e. The quantitative estimate of drug-likeness (QED) is 0.328. The van der Waals surface area contributed by atoms with Gasteiger partial charge in [-0.05, 0) is 28.1 Å². The van der Waals surface area contributed by atoms with Gasteiger partial charge in [0.05, 0.1) is 15.7 Å². The summed E-state index contributed by atoms with van der Waals surface area (Å²) in [6, 6.07) is 1.33. The number of nitrogens with one attached hydrogen (secondary N) is 1. The van der Waals surface area contributed by atoms with Gasteiger partial charge in [-0.2, -0.15) is 43.9 Å². The van der Waals surface area contributed by atoms with Crippen molar-refractivity contribution >= 4 is 50.7 Å². The predicted octanol–water partition coefficient (Wildman–Crippen LogP) is 6.59. The second-order valence-corrected chi connectivity index (χ2v) is 7.40. The maximum absolute atomic E-state index is 14.6. The lowest BCUT2D eigenvalue weighted by Crippen LogP contribution is -2.86. The third-order valence-corrected chi connectivity index (χ3v) is 5.52. The lowest BCUT2D eigenvalue weighted by molar-refractivity contribution is -0.475. The lowest BCUT2D eigenvalue weighted by Gasteiger charge is -2.51. The first-order valence-corrected chi connectivity index (χ1v) is 8.30. The van der Waals surface area contributed by atoms with E-state index in [-0.39, 0.29) is 4.47 Å². The standard InChI is InChI=1S/C13H3BrCl2F11NO/c14-3-1-5(16)6(2-4(3)15)28-7(29)8(17)9(18,19)11(22,23)13(26,27)12(24,25)10(8,20)21/h1-2H,(H,28,29). The monoisotopic (exact) mass is 547 g/mol. The van der Waals surface area contributed by atoms with Gasteiger partial charge in [-0.15, -0.1) is 0 Å². The van der Waals surface area contributed by atoms with Gasteiger partial charge in [0, 0.05) is 4.47 Å². The summed E-state index contributed by atoms with van der Waals surface area (Å²) in [5.41, 5.74) is -7.87.